The number of amides is 1. The Morgan fingerprint density at radius 2 is 2.08 bits per heavy atom. The molecule has 0 saturated carbocycles. The molecule has 0 bridgehead atoms. The number of hydrogen-bond donors (Lipinski definition) is 2. The molecule has 0 radical (unpaired) electrons. The molecule has 0 unspecified atom stereocenters. The maximum atomic E-state index is 12.2. The van der Waals surface area contributed by atoms with Gasteiger partial charge in [-0.25, -0.2) is 25.6 Å². The molecule has 1 saturated heterocycles. The molecular formula is C17H25N7O2. The SMILES string of the molecule is Cc1cnc2nc(N3CC(N(C)C(=O)OC(C)(C)C)C3)c(NN)nc2c1. The van der Waals surface area contributed by atoms with Crippen LogP contribution in [-0.2, 0) is 4.74 Å². The number of aromatic nitrogens is 3. The number of nitrogens with one attached hydrogen (secondary N) is 1. The molecule has 26 heavy (non-hydrogen) atoms. The summed E-state index contributed by atoms with van der Waals surface area (Å²) in [4.78, 5) is 29.2. The zero-order valence-electron chi connectivity index (χ0n) is 15.8. The number of aryl methyl sites for hydroxylation is 1. The zero-order chi connectivity index (χ0) is 19.1. The summed E-state index contributed by atoms with van der Waals surface area (Å²) < 4.78 is 5.41. The summed E-state index contributed by atoms with van der Waals surface area (Å²) in [7, 11) is 1.74. The van der Waals surface area contributed by atoms with Crippen LogP contribution in [0.2, 0.25) is 0 Å². The Labute approximate surface area is 152 Å². The first kappa shape index (κ1) is 18.1. The fraction of sp³-hybridized carbons (Fsp3) is 0.529. The lowest BCUT2D eigenvalue weighted by Gasteiger charge is -2.44. The van der Waals surface area contributed by atoms with Crippen LogP contribution in [0.4, 0.5) is 16.4 Å². The maximum absolute atomic E-state index is 12.2. The number of anilines is 2. The van der Waals surface area contributed by atoms with E-state index in [-0.39, 0.29) is 12.1 Å². The first-order valence-corrected chi connectivity index (χ1v) is 8.49. The highest BCUT2D eigenvalue weighted by Crippen LogP contribution is 2.29. The molecule has 9 nitrogen and oxygen atoms in total. The van der Waals surface area contributed by atoms with Crippen molar-refractivity contribution in [2.45, 2.75) is 39.3 Å². The number of likely N-dealkylation sites (N-methyl/N-ethyl adjacent to an activating group) is 1. The molecule has 0 aliphatic carbocycles. The minimum Gasteiger partial charge on any atom is -0.444 e. The van der Waals surface area contributed by atoms with Crippen LogP contribution in [0, 0.1) is 6.92 Å². The Balaban J connectivity index is 1.74. The lowest BCUT2D eigenvalue weighted by molar-refractivity contribution is 0.0196. The number of ether oxygens (including phenoxy) is 1. The van der Waals surface area contributed by atoms with Crippen LogP contribution in [0.5, 0.6) is 0 Å². The Kier molecular flexibility index (Phi) is 4.57. The van der Waals surface area contributed by atoms with E-state index in [1.54, 1.807) is 18.1 Å². The Morgan fingerprint density at radius 3 is 2.69 bits per heavy atom. The van der Waals surface area contributed by atoms with Gasteiger partial charge in [0.05, 0.1) is 6.04 Å². The van der Waals surface area contributed by atoms with Crippen molar-refractivity contribution in [3.63, 3.8) is 0 Å². The third kappa shape index (κ3) is 3.62. The van der Waals surface area contributed by atoms with Gasteiger partial charge in [0, 0.05) is 26.3 Å². The van der Waals surface area contributed by atoms with Gasteiger partial charge >= 0.3 is 6.09 Å². The Hall–Kier alpha value is -2.68. The van der Waals surface area contributed by atoms with E-state index in [0.29, 0.717) is 35.9 Å². The molecule has 3 N–H and O–H groups in total. The lowest BCUT2D eigenvalue weighted by atomic mass is 10.1. The molecule has 3 heterocycles. The van der Waals surface area contributed by atoms with Crippen LogP contribution in [0.1, 0.15) is 26.3 Å². The average Bonchev–Trinajstić information content (AvgIpc) is 2.51. The first-order chi connectivity index (χ1) is 12.2. The molecule has 1 aliphatic rings. The highest BCUT2D eigenvalue weighted by atomic mass is 16.6. The smallest absolute Gasteiger partial charge is 0.410 e. The molecule has 3 rings (SSSR count). The van der Waals surface area contributed by atoms with Crippen molar-refractivity contribution >= 4 is 28.9 Å². The van der Waals surface area contributed by atoms with Crippen LogP contribution in [0.25, 0.3) is 11.2 Å². The minimum absolute atomic E-state index is 0.0407. The number of nitrogens with two attached hydrogens (primary N) is 1. The van der Waals surface area contributed by atoms with E-state index in [0.717, 1.165) is 5.56 Å². The van der Waals surface area contributed by atoms with E-state index in [2.05, 4.69) is 20.4 Å². The summed E-state index contributed by atoms with van der Waals surface area (Å²) in [6.07, 6.45) is 1.42. The number of hydrogen-bond acceptors (Lipinski definition) is 8. The number of nitrogens with zero attached hydrogens (tertiary/aromatic N) is 5. The third-order valence-electron chi connectivity index (χ3n) is 4.17. The van der Waals surface area contributed by atoms with Gasteiger partial charge in [-0.1, -0.05) is 0 Å². The van der Waals surface area contributed by atoms with Crippen molar-refractivity contribution in [2.24, 2.45) is 5.84 Å². The normalized spacial score (nSPS) is 14.9. The second-order valence-corrected chi connectivity index (χ2v) is 7.55. The summed E-state index contributed by atoms with van der Waals surface area (Å²) >= 11 is 0. The standard InChI is InChI=1S/C17H25N7O2/c1-10-6-12-13(19-7-10)21-15(14(20-12)22-18)24-8-11(9-24)23(5)16(25)26-17(2,3)4/h6-7,11H,8-9,18H2,1-5H3,(H,20,22). The van der Waals surface area contributed by atoms with Crippen molar-refractivity contribution in [3.8, 4) is 0 Å². The summed E-state index contributed by atoms with van der Waals surface area (Å²) in [6, 6.07) is 1.95. The van der Waals surface area contributed by atoms with E-state index >= 15 is 0 Å². The molecule has 0 spiro atoms. The van der Waals surface area contributed by atoms with Crippen LogP contribution < -0.4 is 16.2 Å². The fourth-order valence-corrected chi connectivity index (χ4v) is 2.71. The molecule has 0 aromatic carbocycles. The fourth-order valence-electron chi connectivity index (χ4n) is 2.71. The maximum Gasteiger partial charge on any atom is 0.410 e. The number of pyridine rings is 1. The third-order valence-corrected chi connectivity index (χ3v) is 4.17. The van der Waals surface area contributed by atoms with Gasteiger partial charge in [0.2, 0.25) is 0 Å². The van der Waals surface area contributed by atoms with Gasteiger partial charge in [0.15, 0.2) is 17.3 Å². The summed E-state index contributed by atoms with van der Waals surface area (Å²) in [5.74, 6) is 6.74. The molecule has 9 heteroatoms. The predicted octanol–water partition coefficient (Wildman–Crippen LogP) is 1.67. The van der Waals surface area contributed by atoms with Crippen molar-refractivity contribution in [3.05, 3.63) is 17.8 Å². The van der Waals surface area contributed by atoms with Crippen LogP contribution in [-0.4, -0.2) is 57.7 Å². The number of rotatable bonds is 3. The quantitative estimate of drug-likeness (QED) is 0.629. The monoisotopic (exact) mass is 359 g/mol. The number of hydrazine groups is 1. The highest BCUT2D eigenvalue weighted by Gasteiger charge is 2.36. The lowest BCUT2D eigenvalue weighted by Crippen LogP contribution is -2.60. The van der Waals surface area contributed by atoms with E-state index in [1.807, 2.05) is 38.7 Å². The summed E-state index contributed by atoms with van der Waals surface area (Å²) in [6.45, 7) is 8.75. The van der Waals surface area contributed by atoms with E-state index in [4.69, 9.17) is 10.6 Å². The van der Waals surface area contributed by atoms with Crippen LogP contribution in [0.15, 0.2) is 12.3 Å². The van der Waals surface area contributed by atoms with Crippen LogP contribution in [0.3, 0.4) is 0 Å². The average molecular weight is 359 g/mol. The largest absolute Gasteiger partial charge is 0.444 e. The Morgan fingerprint density at radius 1 is 1.38 bits per heavy atom. The van der Waals surface area contributed by atoms with Crippen LogP contribution >= 0.6 is 0 Å². The van der Waals surface area contributed by atoms with Gasteiger partial charge in [0.1, 0.15) is 11.1 Å². The highest BCUT2D eigenvalue weighted by molar-refractivity contribution is 5.78. The van der Waals surface area contributed by atoms with E-state index in [1.165, 1.54) is 0 Å². The molecule has 2 aromatic heterocycles. The molecule has 2 aromatic rings. The zero-order valence-corrected chi connectivity index (χ0v) is 15.8. The summed E-state index contributed by atoms with van der Waals surface area (Å²) in [5, 5.41) is 0. The van der Waals surface area contributed by atoms with E-state index < -0.39 is 5.60 Å². The van der Waals surface area contributed by atoms with Gasteiger partial charge < -0.3 is 20.0 Å². The van der Waals surface area contributed by atoms with Gasteiger partial charge in [-0.15, -0.1) is 0 Å². The second-order valence-electron chi connectivity index (χ2n) is 7.55. The molecule has 1 aliphatic heterocycles. The molecule has 0 atom stereocenters. The van der Waals surface area contributed by atoms with Gasteiger partial charge in [-0.2, -0.15) is 0 Å². The van der Waals surface area contributed by atoms with Crippen molar-refractivity contribution in [1.29, 1.82) is 0 Å². The number of carbonyl (C=O) groups is 1. The predicted molar refractivity (Wildman–Crippen MR) is 99.9 cm³/mol. The molecule has 1 amide bonds. The minimum atomic E-state index is -0.515. The van der Waals surface area contributed by atoms with E-state index in [9.17, 15) is 4.79 Å². The molecule has 140 valence electrons. The number of fused-ring (bicyclic) bond motifs is 1. The Bertz CT molecular complexity index is 828. The van der Waals surface area contributed by atoms with Crippen molar-refractivity contribution in [2.75, 3.05) is 30.5 Å². The second kappa shape index (κ2) is 6.56. The number of carbonyl (C=O) groups excluding carboxylic acids is 1. The van der Waals surface area contributed by atoms with Crippen molar-refractivity contribution in [1.82, 2.24) is 19.9 Å². The molecular weight excluding hydrogens is 334 g/mol. The van der Waals surface area contributed by atoms with Gasteiger partial charge in [0.25, 0.3) is 0 Å². The molecule has 1 fully saturated rings. The first-order valence-electron chi connectivity index (χ1n) is 8.49. The van der Waals surface area contributed by atoms with Crippen molar-refractivity contribution < 1.29 is 9.53 Å². The topological polar surface area (TPSA) is 110 Å². The number of nitrogen functional groups attached to an aromatic ring is 1. The van der Waals surface area contributed by atoms with Gasteiger partial charge in [-0.05, 0) is 39.3 Å². The summed E-state index contributed by atoms with van der Waals surface area (Å²) in [5.41, 5.74) is 4.34. The van der Waals surface area contributed by atoms with Gasteiger partial charge in [-0.3, -0.25) is 0 Å².